The lowest BCUT2D eigenvalue weighted by Gasteiger charge is -2.26. The van der Waals surface area contributed by atoms with Crippen LogP contribution in [0, 0.1) is 0 Å². The van der Waals surface area contributed by atoms with Crippen LogP contribution in [0.5, 0.6) is 11.5 Å². The number of carbonyl (C=O) groups is 3. The Bertz CT molecular complexity index is 1630. The topological polar surface area (TPSA) is 84.9 Å². The highest BCUT2D eigenvalue weighted by molar-refractivity contribution is 9.10. The van der Waals surface area contributed by atoms with Gasteiger partial charge in [-0.2, -0.15) is 0 Å². The van der Waals surface area contributed by atoms with E-state index in [0.29, 0.717) is 40.4 Å². The maximum atomic E-state index is 13.3. The zero-order chi connectivity index (χ0) is 27.5. The maximum absolute atomic E-state index is 13.3. The molecule has 0 spiro atoms. The molecule has 1 aliphatic heterocycles. The van der Waals surface area contributed by atoms with Gasteiger partial charge in [-0.1, -0.05) is 58.4 Å². The number of fused-ring (bicyclic) bond motifs is 1. The normalized spacial score (nSPS) is 14.6. The number of benzene rings is 4. The summed E-state index contributed by atoms with van der Waals surface area (Å²) in [6, 6.07) is 23.4. The van der Waals surface area contributed by atoms with Crippen LogP contribution < -0.4 is 19.7 Å². The number of nitrogens with zero attached hydrogens (tertiary/aromatic N) is 1. The summed E-state index contributed by atoms with van der Waals surface area (Å²) in [5.41, 5.74) is 1.70. The number of halogens is 2. The van der Waals surface area contributed by atoms with Crippen LogP contribution >= 0.6 is 31.9 Å². The maximum Gasteiger partial charge on any atom is 0.335 e. The van der Waals surface area contributed by atoms with E-state index in [-0.39, 0.29) is 5.57 Å². The fourth-order valence-electron chi connectivity index (χ4n) is 4.29. The van der Waals surface area contributed by atoms with Crippen molar-refractivity contribution in [1.82, 2.24) is 5.32 Å². The summed E-state index contributed by atoms with van der Waals surface area (Å²) in [7, 11) is 0. The predicted octanol–water partition coefficient (Wildman–Crippen LogP) is 7.01. The number of hydrogen-bond donors (Lipinski definition) is 1. The van der Waals surface area contributed by atoms with Crippen LogP contribution in [-0.2, 0) is 16.2 Å². The van der Waals surface area contributed by atoms with Crippen molar-refractivity contribution < 1.29 is 23.9 Å². The number of ether oxygens (including phenoxy) is 2. The molecule has 0 aliphatic carbocycles. The molecule has 5 rings (SSSR count). The van der Waals surface area contributed by atoms with E-state index < -0.39 is 17.8 Å². The zero-order valence-corrected chi connectivity index (χ0v) is 23.9. The molecule has 1 saturated heterocycles. The smallest absolute Gasteiger partial charge is 0.335 e. The van der Waals surface area contributed by atoms with Crippen LogP contribution in [0.1, 0.15) is 18.1 Å². The lowest BCUT2D eigenvalue weighted by atomic mass is 10.1. The Morgan fingerprint density at radius 1 is 0.897 bits per heavy atom. The summed E-state index contributed by atoms with van der Waals surface area (Å²) in [6.45, 7) is 2.54. The van der Waals surface area contributed by atoms with Gasteiger partial charge < -0.3 is 9.47 Å². The first kappa shape index (κ1) is 26.6. The number of anilines is 1. The van der Waals surface area contributed by atoms with Crippen LogP contribution in [-0.4, -0.2) is 24.5 Å². The quantitative estimate of drug-likeness (QED) is 0.172. The first-order valence-corrected chi connectivity index (χ1v) is 13.7. The number of nitrogens with one attached hydrogen (secondary N) is 1. The van der Waals surface area contributed by atoms with Gasteiger partial charge in [0.1, 0.15) is 12.2 Å². The zero-order valence-electron chi connectivity index (χ0n) is 20.7. The minimum atomic E-state index is -0.808. The van der Waals surface area contributed by atoms with E-state index in [1.165, 1.54) is 6.08 Å². The molecule has 0 unspecified atom stereocenters. The molecule has 7 nitrogen and oxygen atoms in total. The lowest BCUT2D eigenvalue weighted by Crippen LogP contribution is -2.54. The van der Waals surface area contributed by atoms with Crippen molar-refractivity contribution in [2.45, 2.75) is 13.5 Å². The van der Waals surface area contributed by atoms with Crippen molar-refractivity contribution >= 4 is 72.2 Å². The summed E-state index contributed by atoms with van der Waals surface area (Å²) >= 11 is 6.90. The molecule has 0 radical (unpaired) electrons. The number of urea groups is 1. The number of barbiturate groups is 1. The van der Waals surface area contributed by atoms with Crippen LogP contribution in [0.3, 0.4) is 0 Å². The summed E-state index contributed by atoms with van der Waals surface area (Å²) in [5, 5.41) is 4.46. The fraction of sp³-hybridized carbons (Fsp3) is 0.100. The van der Waals surface area contributed by atoms with Crippen molar-refractivity contribution in [2.24, 2.45) is 0 Å². The van der Waals surface area contributed by atoms with E-state index in [9.17, 15) is 14.4 Å². The second-order valence-corrected chi connectivity index (χ2v) is 10.4. The number of amides is 4. The largest absolute Gasteiger partial charge is 0.490 e. The molecule has 0 aromatic heterocycles. The third-order valence-electron chi connectivity index (χ3n) is 6.08. The van der Waals surface area contributed by atoms with Gasteiger partial charge in [0.2, 0.25) is 0 Å². The van der Waals surface area contributed by atoms with E-state index in [4.69, 9.17) is 9.47 Å². The van der Waals surface area contributed by atoms with Gasteiger partial charge in [0.25, 0.3) is 11.8 Å². The molecule has 1 fully saturated rings. The molecule has 1 aliphatic rings. The molecule has 0 saturated carbocycles. The van der Waals surface area contributed by atoms with Crippen molar-refractivity contribution in [3.05, 3.63) is 105 Å². The van der Waals surface area contributed by atoms with Gasteiger partial charge >= 0.3 is 6.03 Å². The van der Waals surface area contributed by atoms with Gasteiger partial charge in [-0.05, 0) is 87.2 Å². The molecule has 39 heavy (non-hydrogen) atoms. The van der Waals surface area contributed by atoms with E-state index >= 15 is 0 Å². The highest BCUT2D eigenvalue weighted by atomic mass is 79.9. The molecule has 1 heterocycles. The van der Waals surface area contributed by atoms with Gasteiger partial charge in [0.15, 0.2) is 11.5 Å². The molecule has 4 aromatic carbocycles. The first-order valence-electron chi connectivity index (χ1n) is 12.1. The molecular weight excluding hydrogens is 628 g/mol. The van der Waals surface area contributed by atoms with Crippen LogP contribution in [0.4, 0.5) is 10.5 Å². The molecule has 4 amide bonds. The third kappa shape index (κ3) is 5.60. The molecule has 196 valence electrons. The number of carbonyl (C=O) groups excluding carboxylic acids is 3. The minimum Gasteiger partial charge on any atom is -0.490 e. The average Bonchev–Trinajstić information content (AvgIpc) is 2.92. The molecule has 0 atom stereocenters. The lowest BCUT2D eigenvalue weighted by molar-refractivity contribution is -0.122. The minimum absolute atomic E-state index is 0.184. The monoisotopic (exact) mass is 648 g/mol. The van der Waals surface area contributed by atoms with Gasteiger partial charge in [-0.3, -0.25) is 14.9 Å². The van der Waals surface area contributed by atoms with E-state index in [0.717, 1.165) is 25.7 Å². The summed E-state index contributed by atoms with van der Waals surface area (Å²) in [5.74, 6) is -0.554. The molecular formula is C30H22Br2N2O5. The molecule has 4 aromatic rings. The van der Waals surface area contributed by atoms with Crippen molar-refractivity contribution in [1.29, 1.82) is 0 Å². The van der Waals surface area contributed by atoms with E-state index in [2.05, 4.69) is 55.4 Å². The van der Waals surface area contributed by atoms with E-state index in [1.807, 2.05) is 31.2 Å². The highest BCUT2D eigenvalue weighted by Crippen LogP contribution is 2.38. The Kier molecular flexibility index (Phi) is 7.81. The molecule has 9 heteroatoms. The Morgan fingerprint density at radius 3 is 2.41 bits per heavy atom. The SMILES string of the molecule is CCOc1cc(/C=C2\C(=O)NC(=O)N(c3ccc(Br)cc3)C2=O)cc(Br)c1OCc1cccc2ccccc12. The van der Waals surface area contributed by atoms with Crippen molar-refractivity contribution in [2.75, 3.05) is 11.5 Å². The van der Waals surface area contributed by atoms with Gasteiger partial charge in [0.05, 0.1) is 16.8 Å². The van der Waals surface area contributed by atoms with Gasteiger partial charge in [-0.25, -0.2) is 9.69 Å². The Labute approximate surface area is 241 Å². The summed E-state index contributed by atoms with van der Waals surface area (Å²) < 4.78 is 13.4. The van der Waals surface area contributed by atoms with Crippen molar-refractivity contribution in [3.8, 4) is 11.5 Å². The van der Waals surface area contributed by atoms with Crippen LogP contribution in [0.15, 0.2) is 93.4 Å². The second-order valence-electron chi connectivity index (χ2n) is 8.62. The number of imide groups is 2. The standard InChI is InChI=1S/C30H22Br2N2O5/c1-2-38-26-16-18(14-24-28(35)33-30(37)34(29(24)36)22-12-10-21(31)11-13-22)15-25(32)27(26)39-17-20-8-5-7-19-6-3-4-9-23(19)20/h3-16H,2,17H2,1H3,(H,33,35,37)/b24-14+. The van der Waals surface area contributed by atoms with Gasteiger partial charge in [0, 0.05) is 4.47 Å². The third-order valence-corrected chi connectivity index (χ3v) is 7.20. The second kappa shape index (κ2) is 11.4. The number of hydrogen-bond acceptors (Lipinski definition) is 5. The van der Waals surface area contributed by atoms with Crippen LogP contribution in [0.25, 0.3) is 16.8 Å². The highest BCUT2D eigenvalue weighted by Gasteiger charge is 2.36. The molecule has 0 bridgehead atoms. The summed E-state index contributed by atoms with van der Waals surface area (Å²) in [6.07, 6.45) is 1.43. The Balaban J connectivity index is 1.46. The first-order chi connectivity index (χ1) is 18.9. The van der Waals surface area contributed by atoms with E-state index in [1.54, 1.807) is 36.4 Å². The van der Waals surface area contributed by atoms with Crippen molar-refractivity contribution in [3.63, 3.8) is 0 Å². The molecule has 1 N–H and O–H groups in total. The average molecular weight is 650 g/mol. The van der Waals surface area contributed by atoms with Crippen LogP contribution in [0.2, 0.25) is 0 Å². The predicted molar refractivity (Wildman–Crippen MR) is 157 cm³/mol. The Hall–Kier alpha value is -3.95. The Morgan fingerprint density at radius 2 is 1.64 bits per heavy atom. The summed E-state index contributed by atoms with van der Waals surface area (Å²) in [4.78, 5) is 39.3. The fourth-order valence-corrected chi connectivity index (χ4v) is 5.13. The van der Waals surface area contributed by atoms with Gasteiger partial charge in [-0.15, -0.1) is 0 Å². The number of rotatable bonds is 7.